The maximum absolute atomic E-state index is 14.8. The summed E-state index contributed by atoms with van der Waals surface area (Å²) in [6.45, 7) is 0. The minimum absolute atomic E-state index is 0.0141. The zero-order valence-corrected chi connectivity index (χ0v) is 21.6. The highest BCUT2D eigenvalue weighted by Gasteiger charge is 2.25. The molecule has 0 radical (unpaired) electrons. The number of primary amides is 1. The average molecular weight is 551 g/mol. The van der Waals surface area contributed by atoms with Crippen LogP contribution in [-0.2, 0) is 10.0 Å². The molecular weight excluding hydrogens is 523 g/mol. The molecule has 202 valence electrons. The van der Waals surface area contributed by atoms with Gasteiger partial charge in [-0.05, 0) is 43.2 Å². The molecule has 1 aliphatic carbocycles. The molecule has 39 heavy (non-hydrogen) atoms. The Morgan fingerprint density at radius 1 is 1.05 bits per heavy atom. The number of nitrogens with two attached hydrogens (primary N) is 2. The third kappa shape index (κ3) is 5.73. The van der Waals surface area contributed by atoms with E-state index < -0.39 is 21.7 Å². The van der Waals surface area contributed by atoms with E-state index in [9.17, 15) is 17.6 Å². The number of halogens is 1. The predicted molar refractivity (Wildman–Crippen MR) is 147 cm³/mol. The van der Waals surface area contributed by atoms with E-state index >= 15 is 0 Å². The van der Waals surface area contributed by atoms with Crippen molar-refractivity contribution in [3.05, 3.63) is 72.4 Å². The van der Waals surface area contributed by atoms with E-state index in [0.717, 1.165) is 31.7 Å². The van der Waals surface area contributed by atoms with Gasteiger partial charge in [-0.3, -0.25) is 19.5 Å². The van der Waals surface area contributed by atoms with Crippen molar-refractivity contribution in [2.75, 3.05) is 15.4 Å². The van der Waals surface area contributed by atoms with Crippen LogP contribution in [-0.4, -0.2) is 41.4 Å². The number of carbonyl (C=O) groups is 1. The first kappa shape index (κ1) is 26.3. The number of carbonyl (C=O) groups excluding carboxylic acids is 1. The van der Waals surface area contributed by atoms with Gasteiger partial charge in [-0.15, -0.1) is 0 Å². The number of hydrogen-bond acceptors (Lipinski definition) is 9. The van der Waals surface area contributed by atoms with Gasteiger partial charge in [0.25, 0.3) is 15.9 Å². The van der Waals surface area contributed by atoms with Gasteiger partial charge in [-0.1, -0.05) is 25.0 Å². The minimum Gasteiger partial charge on any atom is -0.365 e. The molecule has 0 aliphatic heterocycles. The number of hydrogen-bond donors (Lipinski definition) is 5. The van der Waals surface area contributed by atoms with E-state index in [2.05, 4.69) is 30.3 Å². The van der Waals surface area contributed by atoms with Crippen LogP contribution in [0.25, 0.3) is 10.9 Å². The highest BCUT2D eigenvalue weighted by atomic mass is 32.2. The van der Waals surface area contributed by atoms with Gasteiger partial charge in [0.05, 0.1) is 28.7 Å². The molecule has 1 saturated carbocycles. The van der Waals surface area contributed by atoms with Crippen molar-refractivity contribution in [1.82, 2.24) is 15.0 Å². The third-order valence-electron chi connectivity index (χ3n) is 6.55. The summed E-state index contributed by atoms with van der Waals surface area (Å²) in [6.07, 6.45) is 7.78. The molecule has 7 N–H and O–H groups in total. The molecule has 1 fully saturated rings. The summed E-state index contributed by atoms with van der Waals surface area (Å²) in [6, 6.07) is 10.4. The number of sulfonamides is 1. The fourth-order valence-corrected chi connectivity index (χ4v) is 5.57. The fourth-order valence-electron chi connectivity index (χ4n) is 4.55. The van der Waals surface area contributed by atoms with Crippen LogP contribution in [0.5, 0.6) is 0 Å². The lowest BCUT2D eigenvalue weighted by Gasteiger charge is -2.30. The van der Waals surface area contributed by atoms with Crippen LogP contribution in [0.4, 0.5) is 27.4 Å². The van der Waals surface area contributed by atoms with Crippen molar-refractivity contribution in [3.63, 3.8) is 0 Å². The first-order chi connectivity index (χ1) is 18.7. The normalized spacial score (nSPS) is 17.5. The van der Waals surface area contributed by atoms with Crippen molar-refractivity contribution < 1.29 is 17.6 Å². The second kappa shape index (κ2) is 10.8. The van der Waals surface area contributed by atoms with Gasteiger partial charge >= 0.3 is 0 Å². The minimum atomic E-state index is -3.88. The SMILES string of the molecule is NC(=O)c1cc(F)c(NC2CCCC[C@@H]2N)nc1Nc1cnc2c(NS(=O)(=O)c3cccnc3)cccc2c1. The van der Waals surface area contributed by atoms with Crippen molar-refractivity contribution >= 4 is 49.8 Å². The molecule has 1 aromatic carbocycles. The number of aromatic nitrogens is 3. The second-order valence-electron chi connectivity index (χ2n) is 9.30. The van der Waals surface area contributed by atoms with Crippen LogP contribution in [0.2, 0.25) is 0 Å². The summed E-state index contributed by atoms with van der Waals surface area (Å²) >= 11 is 0. The summed E-state index contributed by atoms with van der Waals surface area (Å²) in [4.78, 5) is 24.7. The molecule has 5 rings (SSSR count). The largest absolute Gasteiger partial charge is 0.365 e. The van der Waals surface area contributed by atoms with Gasteiger partial charge < -0.3 is 22.1 Å². The quantitative estimate of drug-likeness (QED) is 0.220. The topological polar surface area (TPSA) is 178 Å². The standard InChI is InChI=1S/C26H27FN8O3S/c27-19-12-18(24(29)36)25(34-26(19)33-21-8-2-1-7-20(21)28)32-16-11-15-5-3-9-22(23(15)31-13-16)35-39(37,38)17-6-4-10-30-14-17/h3-6,9-14,20-21,35H,1-2,7-8,28H2,(H2,29,36)(H2,32,33,34)/t20-,21?/m0/s1. The number of rotatable bonds is 8. The Morgan fingerprint density at radius 2 is 1.87 bits per heavy atom. The highest BCUT2D eigenvalue weighted by Crippen LogP contribution is 2.29. The first-order valence-corrected chi connectivity index (χ1v) is 13.8. The Balaban J connectivity index is 1.44. The maximum Gasteiger partial charge on any atom is 0.263 e. The molecule has 2 atom stereocenters. The van der Waals surface area contributed by atoms with E-state index in [1.807, 2.05) is 0 Å². The Hall–Kier alpha value is -4.36. The lowest BCUT2D eigenvalue weighted by molar-refractivity contribution is 0.100. The molecular formula is C26H27FN8O3S. The van der Waals surface area contributed by atoms with Crippen molar-refractivity contribution in [1.29, 1.82) is 0 Å². The molecule has 13 heteroatoms. The molecule has 3 heterocycles. The number of nitrogens with one attached hydrogen (secondary N) is 3. The molecule has 0 spiro atoms. The van der Waals surface area contributed by atoms with E-state index in [1.165, 1.54) is 30.7 Å². The Morgan fingerprint density at radius 3 is 2.62 bits per heavy atom. The molecule has 0 bridgehead atoms. The van der Waals surface area contributed by atoms with Gasteiger partial charge in [0.1, 0.15) is 10.7 Å². The van der Waals surface area contributed by atoms with Crippen molar-refractivity contribution in [2.45, 2.75) is 42.7 Å². The zero-order valence-electron chi connectivity index (χ0n) is 20.8. The second-order valence-corrected chi connectivity index (χ2v) is 11.0. The molecule has 1 aliphatic rings. The summed E-state index contributed by atoms with van der Waals surface area (Å²) in [5.41, 5.74) is 12.7. The smallest absolute Gasteiger partial charge is 0.263 e. The van der Waals surface area contributed by atoms with Crippen LogP contribution in [0, 0.1) is 5.82 Å². The summed E-state index contributed by atoms with van der Waals surface area (Å²) in [5, 5.41) is 6.67. The number of fused-ring (bicyclic) bond motifs is 1. The maximum atomic E-state index is 14.8. The molecule has 3 aromatic heterocycles. The number of anilines is 4. The number of amides is 1. The van der Waals surface area contributed by atoms with Gasteiger partial charge in [0.2, 0.25) is 0 Å². The van der Waals surface area contributed by atoms with Gasteiger partial charge in [0.15, 0.2) is 11.6 Å². The predicted octanol–water partition coefficient (Wildman–Crippen LogP) is 3.49. The Bertz CT molecular complexity index is 1640. The first-order valence-electron chi connectivity index (χ1n) is 12.3. The number of benzene rings is 1. The van der Waals surface area contributed by atoms with E-state index in [1.54, 1.807) is 24.3 Å². The number of pyridine rings is 3. The van der Waals surface area contributed by atoms with Gasteiger partial charge in [0, 0.05) is 29.9 Å². The van der Waals surface area contributed by atoms with Crippen molar-refractivity contribution in [3.8, 4) is 0 Å². The van der Waals surface area contributed by atoms with Crippen LogP contribution in [0.1, 0.15) is 36.0 Å². The number of nitrogens with zero attached hydrogens (tertiary/aromatic N) is 3. The Labute approximate surface area is 224 Å². The molecule has 1 unspecified atom stereocenters. The van der Waals surface area contributed by atoms with E-state index in [0.29, 0.717) is 16.6 Å². The number of para-hydroxylation sites is 1. The van der Waals surface area contributed by atoms with Crippen LogP contribution >= 0.6 is 0 Å². The molecule has 11 nitrogen and oxygen atoms in total. The monoisotopic (exact) mass is 550 g/mol. The zero-order chi connectivity index (χ0) is 27.6. The van der Waals surface area contributed by atoms with Crippen molar-refractivity contribution in [2.24, 2.45) is 11.5 Å². The van der Waals surface area contributed by atoms with E-state index in [4.69, 9.17) is 11.5 Å². The van der Waals surface area contributed by atoms with E-state index in [-0.39, 0.29) is 39.9 Å². The molecule has 0 saturated heterocycles. The lowest BCUT2D eigenvalue weighted by Crippen LogP contribution is -2.43. The van der Waals surface area contributed by atoms with Crippen LogP contribution in [0.15, 0.2) is 66.0 Å². The third-order valence-corrected chi connectivity index (χ3v) is 7.90. The molecule has 4 aromatic rings. The summed E-state index contributed by atoms with van der Waals surface area (Å²) < 4.78 is 43.0. The Kier molecular flexibility index (Phi) is 7.26. The fraction of sp³-hybridized carbons (Fsp3) is 0.231. The summed E-state index contributed by atoms with van der Waals surface area (Å²) in [5.74, 6) is -1.56. The van der Waals surface area contributed by atoms with Gasteiger partial charge in [-0.25, -0.2) is 17.8 Å². The highest BCUT2D eigenvalue weighted by molar-refractivity contribution is 7.92. The van der Waals surface area contributed by atoms with Gasteiger partial charge in [-0.2, -0.15) is 0 Å². The van der Waals surface area contributed by atoms with Crippen LogP contribution in [0.3, 0.4) is 0 Å². The average Bonchev–Trinajstić information content (AvgIpc) is 2.92. The molecule has 1 amide bonds. The summed E-state index contributed by atoms with van der Waals surface area (Å²) in [7, 11) is -3.88. The van der Waals surface area contributed by atoms with Crippen LogP contribution < -0.4 is 26.8 Å². The lowest BCUT2D eigenvalue weighted by atomic mass is 9.91.